The summed E-state index contributed by atoms with van der Waals surface area (Å²) in [5.41, 5.74) is 1.19. The van der Waals surface area contributed by atoms with Gasteiger partial charge in [-0.1, -0.05) is 6.92 Å². The van der Waals surface area contributed by atoms with Crippen LogP contribution in [0, 0.1) is 0 Å². The SMILES string of the molecule is CCNC(CSC)Cc1cn2ccsc2n1. The van der Waals surface area contributed by atoms with E-state index in [0.717, 1.165) is 23.7 Å². The number of fused-ring (bicyclic) bond motifs is 1. The third kappa shape index (κ3) is 2.78. The van der Waals surface area contributed by atoms with Crippen LogP contribution in [-0.4, -0.2) is 34.0 Å². The Kier molecular flexibility index (Phi) is 4.26. The lowest BCUT2D eigenvalue weighted by Crippen LogP contribution is -2.33. The van der Waals surface area contributed by atoms with E-state index in [4.69, 9.17) is 0 Å². The van der Waals surface area contributed by atoms with Gasteiger partial charge in [0, 0.05) is 36.0 Å². The molecule has 0 saturated heterocycles. The van der Waals surface area contributed by atoms with Gasteiger partial charge in [0.2, 0.25) is 0 Å². The van der Waals surface area contributed by atoms with E-state index in [1.165, 1.54) is 5.69 Å². The maximum atomic E-state index is 4.61. The smallest absolute Gasteiger partial charge is 0.193 e. The van der Waals surface area contributed by atoms with Gasteiger partial charge < -0.3 is 5.32 Å². The van der Waals surface area contributed by atoms with E-state index in [1.807, 2.05) is 11.8 Å². The predicted octanol–water partition coefficient (Wildman–Crippen LogP) is 2.28. The number of thioether (sulfide) groups is 1. The number of nitrogens with one attached hydrogen (secondary N) is 1. The van der Waals surface area contributed by atoms with Crippen molar-refractivity contribution in [3.8, 4) is 0 Å². The molecule has 0 radical (unpaired) electrons. The molecule has 0 aliphatic carbocycles. The Hall–Kier alpha value is -0.520. The van der Waals surface area contributed by atoms with Gasteiger partial charge in [-0.05, 0) is 12.8 Å². The Morgan fingerprint density at radius 2 is 2.50 bits per heavy atom. The molecule has 0 amide bonds. The lowest BCUT2D eigenvalue weighted by Gasteiger charge is -2.14. The lowest BCUT2D eigenvalue weighted by molar-refractivity contribution is 0.568. The number of hydrogen-bond donors (Lipinski definition) is 1. The molecule has 0 bridgehead atoms. The van der Waals surface area contributed by atoms with Gasteiger partial charge in [0.1, 0.15) is 0 Å². The maximum Gasteiger partial charge on any atom is 0.193 e. The minimum Gasteiger partial charge on any atom is -0.313 e. The molecule has 88 valence electrons. The van der Waals surface area contributed by atoms with Crippen molar-refractivity contribution in [2.24, 2.45) is 0 Å². The van der Waals surface area contributed by atoms with E-state index in [0.29, 0.717) is 6.04 Å². The molecule has 2 aromatic rings. The molecular formula is C11H17N3S2. The van der Waals surface area contributed by atoms with Crippen molar-refractivity contribution in [2.75, 3.05) is 18.6 Å². The minimum absolute atomic E-state index is 0.532. The molecule has 1 unspecified atom stereocenters. The van der Waals surface area contributed by atoms with Gasteiger partial charge in [-0.3, -0.25) is 4.40 Å². The summed E-state index contributed by atoms with van der Waals surface area (Å²) in [5, 5.41) is 5.57. The predicted molar refractivity (Wildman–Crippen MR) is 72.6 cm³/mol. The van der Waals surface area contributed by atoms with Crippen LogP contribution in [0.5, 0.6) is 0 Å². The van der Waals surface area contributed by atoms with Crippen molar-refractivity contribution in [1.82, 2.24) is 14.7 Å². The van der Waals surface area contributed by atoms with Gasteiger partial charge >= 0.3 is 0 Å². The first kappa shape index (κ1) is 12.0. The Labute approximate surface area is 104 Å². The number of hydrogen-bond acceptors (Lipinski definition) is 4. The van der Waals surface area contributed by atoms with Crippen LogP contribution in [0.4, 0.5) is 0 Å². The molecule has 0 aliphatic heterocycles. The summed E-state index contributed by atoms with van der Waals surface area (Å²) in [6, 6.07) is 0.532. The first-order chi connectivity index (χ1) is 7.83. The molecule has 0 fully saturated rings. The van der Waals surface area contributed by atoms with E-state index >= 15 is 0 Å². The third-order valence-electron chi connectivity index (χ3n) is 2.46. The third-order valence-corrected chi connectivity index (χ3v) is 3.97. The average molecular weight is 255 g/mol. The number of aromatic nitrogens is 2. The normalized spacial score (nSPS) is 13.4. The molecule has 1 atom stereocenters. The van der Waals surface area contributed by atoms with Gasteiger partial charge in [-0.25, -0.2) is 4.98 Å². The van der Waals surface area contributed by atoms with Crippen LogP contribution in [0.15, 0.2) is 17.8 Å². The highest BCUT2D eigenvalue weighted by molar-refractivity contribution is 7.98. The second-order valence-electron chi connectivity index (χ2n) is 3.74. The van der Waals surface area contributed by atoms with Crippen molar-refractivity contribution >= 4 is 28.1 Å². The van der Waals surface area contributed by atoms with Crippen molar-refractivity contribution in [3.63, 3.8) is 0 Å². The monoisotopic (exact) mass is 255 g/mol. The van der Waals surface area contributed by atoms with Crippen molar-refractivity contribution in [3.05, 3.63) is 23.5 Å². The van der Waals surface area contributed by atoms with Crippen LogP contribution in [0.2, 0.25) is 0 Å². The van der Waals surface area contributed by atoms with Crippen molar-refractivity contribution < 1.29 is 0 Å². The van der Waals surface area contributed by atoms with E-state index in [2.05, 4.69) is 45.7 Å². The summed E-state index contributed by atoms with van der Waals surface area (Å²) in [6.07, 6.45) is 7.36. The second kappa shape index (κ2) is 5.70. The molecule has 3 nitrogen and oxygen atoms in total. The van der Waals surface area contributed by atoms with E-state index < -0.39 is 0 Å². The van der Waals surface area contributed by atoms with Crippen molar-refractivity contribution in [2.45, 2.75) is 19.4 Å². The molecular weight excluding hydrogens is 238 g/mol. The quantitative estimate of drug-likeness (QED) is 0.858. The molecule has 0 saturated carbocycles. The molecule has 0 aromatic carbocycles. The highest BCUT2D eigenvalue weighted by Gasteiger charge is 2.10. The zero-order valence-electron chi connectivity index (χ0n) is 9.64. The van der Waals surface area contributed by atoms with Gasteiger partial charge in [0.15, 0.2) is 4.96 Å². The molecule has 2 aromatic heterocycles. The summed E-state index contributed by atoms with van der Waals surface area (Å²) in [5.74, 6) is 1.14. The van der Waals surface area contributed by atoms with Gasteiger partial charge in [-0.15, -0.1) is 11.3 Å². The first-order valence-electron chi connectivity index (χ1n) is 5.47. The first-order valence-corrected chi connectivity index (χ1v) is 7.74. The van der Waals surface area contributed by atoms with Crippen molar-refractivity contribution in [1.29, 1.82) is 0 Å². The molecule has 2 heterocycles. The zero-order valence-corrected chi connectivity index (χ0v) is 11.3. The Morgan fingerprint density at radius 1 is 1.62 bits per heavy atom. The number of nitrogens with zero attached hydrogens (tertiary/aromatic N) is 2. The summed E-state index contributed by atoms with van der Waals surface area (Å²) >= 11 is 3.57. The number of rotatable bonds is 6. The summed E-state index contributed by atoms with van der Waals surface area (Å²) in [6.45, 7) is 3.17. The van der Waals surface area contributed by atoms with Crippen LogP contribution in [0.3, 0.4) is 0 Å². The van der Waals surface area contributed by atoms with Crippen LogP contribution in [-0.2, 0) is 6.42 Å². The zero-order chi connectivity index (χ0) is 11.4. The van der Waals surface area contributed by atoms with Gasteiger partial charge in [0.25, 0.3) is 0 Å². The van der Waals surface area contributed by atoms with E-state index in [-0.39, 0.29) is 0 Å². The van der Waals surface area contributed by atoms with Gasteiger partial charge in [-0.2, -0.15) is 11.8 Å². The number of likely N-dealkylation sites (N-methyl/N-ethyl adjacent to an activating group) is 1. The van der Waals surface area contributed by atoms with Crippen LogP contribution in [0.25, 0.3) is 4.96 Å². The molecule has 0 aliphatic rings. The second-order valence-corrected chi connectivity index (χ2v) is 5.52. The molecule has 16 heavy (non-hydrogen) atoms. The van der Waals surface area contributed by atoms with Gasteiger partial charge in [0.05, 0.1) is 5.69 Å². The summed E-state index contributed by atoms with van der Waals surface area (Å²) in [7, 11) is 0. The Bertz CT molecular complexity index is 401. The highest BCUT2D eigenvalue weighted by atomic mass is 32.2. The molecule has 5 heteroatoms. The topological polar surface area (TPSA) is 29.3 Å². The fraction of sp³-hybridized carbons (Fsp3) is 0.545. The fourth-order valence-electron chi connectivity index (χ4n) is 1.81. The van der Waals surface area contributed by atoms with Crippen LogP contribution in [0.1, 0.15) is 12.6 Å². The maximum absolute atomic E-state index is 4.61. The standard InChI is InChI=1S/C11H17N3S2/c1-3-12-10(8-15-2)6-9-7-14-4-5-16-11(14)13-9/h4-5,7,10,12H,3,6,8H2,1-2H3. The van der Waals surface area contributed by atoms with Crippen LogP contribution >= 0.6 is 23.1 Å². The largest absolute Gasteiger partial charge is 0.313 e. The Morgan fingerprint density at radius 3 is 3.19 bits per heavy atom. The Balaban J connectivity index is 2.03. The molecule has 0 spiro atoms. The molecule has 2 rings (SSSR count). The molecule has 1 N–H and O–H groups in total. The summed E-state index contributed by atoms with van der Waals surface area (Å²) in [4.78, 5) is 5.70. The highest BCUT2D eigenvalue weighted by Crippen LogP contribution is 2.13. The number of imidazole rings is 1. The summed E-state index contributed by atoms with van der Waals surface area (Å²) < 4.78 is 2.10. The average Bonchev–Trinajstić information content (AvgIpc) is 2.78. The van der Waals surface area contributed by atoms with E-state index in [1.54, 1.807) is 11.3 Å². The fourth-order valence-corrected chi connectivity index (χ4v) is 3.16. The number of thiazole rings is 1. The van der Waals surface area contributed by atoms with Crippen LogP contribution < -0.4 is 5.32 Å². The minimum atomic E-state index is 0.532. The van der Waals surface area contributed by atoms with E-state index in [9.17, 15) is 0 Å². The lowest BCUT2D eigenvalue weighted by atomic mass is 10.2.